The van der Waals surface area contributed by atoms with Gasteiger partial charge in [-0.3, -0.25) is 0 Å². The van der Waals surface area contributed by atoms with Crippen LogP contribution in [-0.4, -0.2) is 28.2 Å². The van der Waals surface area contributed by atoms with E-state index in [0.29, 0.717) is 0 Å². The van der Waals surface area contributed by atoms with Crippen LogP contribution in [0.2, 0.25) is 0 Å². The molecule has 0 saturated heterocycles. The van der Waals surface area contributed by atoms with Gasteiger partial charge in [0.15, 0.2) is 0 Å². The zero-order valence-electron chi connectivity index (χ0n) is 11.4. The van der Waals surface area contributed by atoms with Crippen LogP contribution in [-0.2, 0) is 6.42 Å². The molecule has 1 aliphatic carbocycles. The minimum absolute atomic E-state index is 0.0607. The Morgan fingerprint density at radius 2 is 2.06 bits per heavy atom. The van der Waals surface area contributed by atoms with Crippen molar-refractivity contribution in [3.8, 4) is 0 Å². The average molecular weight is 249 g/mol. The van der Waals surface area contributed by atoms with E-state index in [1.54, 1.807) is 0 Å². The number of aliphatic hydroxyl groups is 1. The third-order valence-electron chi connectivity index (χ3n) is 3.90. The first-order valence-electron chi connectivity index (χ1n) is 6.87. The highest BCUT2D eigenvalue weighted by Crippen LogP contribution is 2.37. The lowest BCUT2D eigenvalue weighted by Crippen LogP contribution is -2.30. The highest BCUT2D eigenvalue weighted by Gasteiger charge is 2.32. The summed E-state index contributed by atoms with van der Waals surface area (Å²) in [6.07, 6.45) is 5.60. The maximum Gasteiger partial charge on any atom is 0.129 e. The number of anilines is 1. The van der Waals surface area contributed by atoms with Crippen molar-refractivity contribution in [1.82, 2.24) is 9.97 Å². The van der Waals surface area contributed by atoms with Gasteiger partial charge in [-0.1, -0.05) is 19.8 Å². The summed E-state index contributed by atoms with van der Waals surface area (Å²) in [4.78, 5) is 8.77. The molecule has 1 aliphatic rings. The Morgan fingerprint density at radius 3 is 2.67 bits per heavy atom. The molecule has 0 radical (unpaired) electrons. The van der Waals surface area contributed by atoms with Gasteiger partial charge in [-0.25, -0.2) is 9.97 Å². The predicted octanol–water partition coefficient (Wildman–Crippen LogP) is 2.31. The lowest BCUT2D eigenvalue weighted by molar-refractivity contribution is 0.142. The Morgan fingerprint density at radius 1 is 1.33 bits per heavy atom. The molecule has 2 rings (SSSR count). The summed E-state index contributed by atoms with van der Waals surface area (Å²) in [6.45, 7) is 5.09. The zero-order chi connectivity index (χ0) is 13.0. The van der Waals surface area contributed by atoms with Gasteiger partial charge in [-0.15, -0.1) is 0 Å². The third kappa shape index (κ3) is 2.99. The first-order chi connectivity index (χ1) is 8.67. The molecule has 0 amide bonds. The number of aryl methyl sites for hydroxylation is 2. The average Bonchev–Trinajstić information content (AvgIpc) is 2.85. The summed E-state index contributed by atoms with van der Waals surface area (Å²) in [5, 5.41) is 13.0. The van der Waals surface area contributed by atoms with E-state index >= 15 is 0 Å². The largest absolute Gasteiger partial charge is 0.396 e. The second-order valence-electron chi connectivity index (χ2n) is 5.36. The quantitative estimate of drug-likeness (QED) is 0.840. The van der Waals surface area contributed by atoms with Gasteiger partial charge in [0.2, 0.25) is 0 Å². The highest BCUT2D eigenvalue weighted by molar-refractivity contribution is 5.36. The molecule has 18 heavy (non-hydrogen) atoms. The van der Waals surface area contributed by atoms with Crippen LogP contribution in [0.4, 0.5) is 5.82 Å². The van der Waals surface area contributed by atoms with Crippen molar-refractivity contribution < 1.29 is 5.11 Å². The summed E-state index contributed by atoms with van der Waals surface area (Å²) >= 11 is 0. The summed E-state index contributed by atoms with van der Waals surface area (Å²) in [6, 6.07) is 2.01. The maximum atomic E-state index is 9.58. The molecular formula is C14H23N3O. The smallest absolute Gasteiger partial charge is 0.129 e. The fourth-order valence-corrected chi connectivity index (χ4v) is 2.70. The standard InChI is InChI=1S/C14H23N3O/c1-3-12-8-13(17-11(2)16-12)15-9-14(10-18)6-4-5-7-14/h8,18H,3-7,9-10H2,1-2H3,(H,15,16,17). The molecule has 1 aromatic heterocycles. The van der Waals surface area contributed by atoms with Crippen LogP contribution < -0.4 is 5.32 Å². The molecule has 1 heterocycles. The highest BCUT2D eigenvalue weighted by atomic mass is 16.3. The van der Waals surface area contributed by atoms with Crippen LogP contribution in [0, 0.1) is 12.3 Å². The second kappa shape index (κ2) is 5.65. The molecule has 0 aliphatic heterocycles. The van der Waals surface area contributed by atoms with E-state index in [2.05, 4.69) is 22.2 Å². The Balaban J connectivity index is 2.03. The van der Waals surface area contributed by atoms with Gasteiger partial charge in [0.25, 0.3) is 0 Å². The Hall–Kier alpha value is -1.16. The number of nitrogens with zero attached hydrogens (tertiary/aromatic N) is 2. The van der Waals surface area contributed by atoms with Gasteiger partial charge < -0.3 is 10.4 Å². The van der Waals surface area contributed by atoms with E-state index in [1.807, 2.05) is 13.0 Å². The van der Waals surface area contributed by atoms with Gasteiger partial charge in [-0.05, 0) is 26.2 Å². The molecule has 1 fully saturated rings. The molecule has 4 heteroatoms. The number of hydrogen-bond acceptors (Lipinski definition) is 4. The SMILES string of the molecule is CCc1cc(NCC2(CO)CCCC2)nc(C)n1. The molecule has 0 bridgehead atoms. The molecule has 1 saturated carbocycles. The summed E-state index contributed by atoms with van der Waals surface area (Å²) < 4.78 is 0. The van der Waals surface area contributed by atoms with E-state index in [9.17, 15) is 5.11 Å². The molecule has 2 N–H and O–H groups in total. The number of hydrogen-bond donors (Lipinski definition) is 2. The number of aromatic nitrogens is 2. The van der Waals surface area contributed by atoms with Crippen LogP contribution >= 0.6 is 0 Å². The molecule has 4 nitrogen and oxygen atoms in total. The van der Waals surface area contributed by atoms with Gasteiger partial charge in [0.05, 0.1) is 6.61 Å². The first-order valence-corrected chi connectivity index (χ1v) is 6.87. The predicted molar refractivity (Wildman–Crippen MR) is 72.6 cm³/mol. The lowest BCUT2D eigenvalue weighted by atomic mass is 9.87. The van der Waals surface area contributed by atoms with Gasteiger partial charge >= 0.3 is 0 Å². The Labute approximate surface area is 109 Å². The van der Waals surface area contributed by atoms with Crippen molar-refractivity contribution >= 4 is 5.82 Å². The van der Waals surface area contributed by atoms with Crippen molar-refractivity contribution in [2.24, 2.45) is 5.41 Å². The monoisotopic (exact) mass is 249 g/mol. The van der Waals surface area contributed by atoms with Crippen molar-refractivity contribution in [2.75, 3.05) is 18.5 Å². The van der Waals surface area contributed by atoms with Crippen molar-refractivity contribution in [2.45, 2.75) is 46.0 Å². The fourth-order valence-electron chi connectivity index (χ4n) is 2.70. The molecule has 1 aromatic rings. The Kier molecular flexibility index (Phi) is 4.17. The van der Waals surface area contributed by atoms with E-state index < -0.39 is 0 Å². The minimum atomic E-state index is 0.0607. The first kappa shape index (κ1) is 13.3. The van der Waals surface area contributed by atoms with Crippen molar-refractivity contribution in [1.29, 1.82) is 0 Å². The van der Waals surface area contributed by atoms with Crippen LogP contribution in [0.15, 0.2) is 6.07 Å². The molecule has 0 spiro atoms. The summed E-state index contributed by atoms with van der Waals surface area (Å²) in [5.74, 6) is 1.69. The number of rotatable bonds is 5. The van der Waals surface area contributed by atoms with Gasteiger partial charge in [-0.2, -0.15) is 0 Å². The second-order valence-corrected chi connectivity index (χ2v) is 5.36. The third-order valence-corrected chi connectivity index (χ3v) is 3.90. The summed E-state index contributed by atoms with van der Waals surface area (Å²) in [7, 11) is 0. The number of nitrogens with one attached hydrogen (secondary N) is 1. The van der Waals surface area contributed by atoms with E-state index in [1.165, 1.54) is 12.8 Å². The van der Waals surface area contributed by atoms with Crippen molar-refractivity contribution in [3.05, 3.63) is 17.6 Å². The van der Waals surface area contributed by atoms with E-state index in [0.717, 1.165) is 43.1 Å². The number of aliphatic hydroxyl groups excluding tert-OH is 1. The lowest BCUT2D eigenvalue weighted by Gasteiger charge is -2.26. The van der Waals surface area contributed by atoms with Crippen LogP contribution in [0.5, 0.6) is 0 Å². The van der Waals surface area contributed by atoms with Gasteiger partial charge in [0.1, 0.15) is 11.6 Å². The van der Waals surface area contributed by atoms with Gasteiger partial charge in [0, 0.05) is 23.7 Å². The molecule has 100 valence electrons. The minimum Gasteiger partial charge on any atom is -0.396 e. The Bertz CT molecular complexity index is 400. The topological polar surface area (TPSA) is 58.0 Å². The fraction of sp³-hybridized carbons (Fsp3) is 0.714. The molecule has 0 unspecified atom stereocenters. The van der Waals surface area contributed by atoms with Crippen LogP contribution in [0.3, 0.4) is 0 Å². The zero-order valence-corrected chi connectivity index (χ0v) is 11.4. The van der Waals surface area contributed by atoms with E-state index in [-0.39, 0.29) is 12.0 Å². The van der Waals surface area contributed by atoms with E-state index in [4.69, 9.17) is 0 Å². The maximum absolute atomic E-state index is 9.58. The normalized spacial score (nSPS) is 17.9. The van der Waals surface area contributed by atoms with Crippen molar-refractivity contribution in [3.63, 3.8) is 0 Å². The molecule has 0 atom stereocenters. The van der Waals surface area contributed by atoms with Crippen LogP contribution in [0.1, 0.15) is 44.1 Å². The molecular weight excluding hydrogens is 226 g/mol. The molecule has 0 aromatic carbocycles. The van der Waals surface area contributed by atoms with Crippen LogP contribution in [0.25, 0.3) is 0 Å². The summed E-state index contributed by atoms with van der Waals surface area (Å²) in [5.41, 5.74) is 1.13.